The molecule has 0 rings (SSSR count). The van der Waals surface area contributed by atoms with E-state index in [4.69, 9.17) is 23.2 Å². The molecule has 0 fully saturated rings. The number of rotatable bonds is 8. The van der Waals surface area contributed by atoms with Crippen LogP contribution < -0.4 is 0 Å². The minimum Gasteiger partial charge on any atom is -0.428 e. The first kappa shape index (κ1) is 13.8. The van der Waals surface area contributed by atoms with Gasteiger partial charge in [0.2, 0.25) is 12.8 Å². The second-order valence-corrected chi connectivity index (χ2v) is 2.38. The minimum atomic E-state index is 0.275. The number of halogens is 2. The van der Waals surface area contributed by atoms with Crippen molar-refractivity contribution in [3.8, 4) is 0 Å². The van der Waals surface area contributed by atoms with Crippen LogP contribution in [0.1, 0.15) is 0 Å². The highest BCUT2D eigenvalue weighted by molar-refractivity contribution is 6.25. The van der Waals surface area contributed by atoms with Crippen molar-refractivity contribution in [3.05, 3.63) is 23.2 Å². The Morgan fingerprint density at radius 3 is 1.73 bits per heavy atom. The molecule has 0 bridgehead atoms. The van der Waals surface area contributed by atoms with Crippen LogP contribution in [-0.4, -0.2) is 26.0 Å². The van der Waals surface area contributed by atoms with Crippen LogP contribution in [-0.2, 0) is 14.4 Å². The van der Waals surface area contributed by atoms with E-state index in [9.17, 15) is 0 Å². The van der Waals surface area contributed by atoms with Crippen molar-refractivity contribution in [2.24, 2.45) is 10.3 Å². The lowest BCUT2D eigenvalue weighted by Gasteiger charge is -1.92. The van der Waals surface area contributed by atoms with E-state index >= 15 is 0 Å². The Kier molecular flexibility index (Phi) is 11.8. The highest BCUT2D eigenvalue weighted by atomic mass is 35.5. The fourth-order valence-corrected chi connectivity index (χ4v) is 0.528. The van der Waals surface area contributed by atoms with E-state index in [1.54, 1.807) is 12.2 Å². The van der Waals surface area contributed by atoms with Crippen LogP contribution in [0.25, 0.3) is 0 Å². The van der Waals surface area contributed by atoms with Gasteiger partial charge in [-0.2, -0.15) is 0 Å². The van der Waals surface area contributed by atoms with Gasteiger partial charge in [0, 0.05) is 11.1 Å². The Bertz CT molecular complexity index is 218. The van der Waals surface area contributed by atoms with Gasteiger partial charge in [0.1, 0.15) is 13.2 Å². The fourth-order valence-electron chi connectivity index (χ4n) is 0.383. The molecule has 0 spiro atoms. The van der Waals surface area contributed by atoms with Crippen LogP contribution in [0.4, 0.5) is 0 Å². The Labute approximate surface area is 97.6 Å². The summed E-state index contributed by atoms with van der Waals surface area (Å²) in [7, 11) is 0. The first-order chi connectivity index (χ1) is 7.41. The van der Waals surface area contributed by atoms with Crippen LogP contribution in [0.5, 0.6) is 0 Å². The second kappa shape index (κ2) is 12.8. The molecule has 0 N–H and O–H groups in total. The van der Waals surface area contributed by atoms with Gasteiger partial charge in [-0.1, -0.05) is 33.5 Å². The van der Waals surface area contributed by atoms with Crippen molar-refractivity contribution in [2.75, 3.05) is 13.2 Å². The third kappa shape index (κ3) is 12.8. The molecule has 5 nitrogen and oxygen atoms in total. The number of ether oxygens (including phenoxy) is 1. The SMILES string of the molecule is ClC=CCON=COC=NOCC=CCl. The molecular formula is C8H10Cl2N2O3. The highest BCUT2D eigenvalue weighted by Gasteiger charge is 1.76. The highest BCUT2D eigenvalue weighted by Crippen LogP contribution is 1.82. The van der Waals surface area contributed by atoms with Crippen molar-refractivity contribution < 1.29 is 14.4 Å². The third-order valence-corrected chi connectivity index (χ3v) is 1.23. The molecule has 0 radical (unpaired) electrons. The van der Waals surface area contributed by atoms with Crippen molar-refractivity contribution in [1.82, 2.24) is 0 Å². The summed E-state index contributed by atoms with van der Waals surface area (Å²) in [6.07, 6.45) is 5.28. The summed E-state index contributed by atoms with van der Waals surface area (Å²) < 4.78 is 4.65. The molecule has 0 atom stereocenters. The van der Waals surface area contributed by atoms with E-state index in [1.165, 1.54) is 11.1 Å². The monoisotopic (exact) mass is 252 g/mol. The van der Waals surface area contributed by atoms with Gasteiger partial charge in [0.25, 0.3) is 0 Å². The molecule has 0 heterocycles. The molecular weight excluding hydrogens is 243 g/mol. The number of hydrogen-bond donors (Lipinski definition) is 0. The number of hydrogen-bond acceptors (Lipinski definition) is 5. The molecule has 0 aliphatic carbocycles. The van der Waals surface area contributed by atoms with Crippen molar-refractivity contribution in [2.45, 2.75) is 0 Å². The Balaban J connectivity index is 3.28. The van der Waals surface area contributed by atoms with Crippen LogP contribution in [0.3, 0.4) is 0 Å². The maximum Gasteiger partial charge on any atom is 0.220 e. The van der Waals surface area contributed by atoms with Crippen LogP contribution in [0, 0.1) is 0 Å². The van der Waals surface area contributed by atoms with Gasteiger partial charge < -0.3 is 14.4 Å². The van der Waals surface area contributed by atoms with Crippen molar-refractivity contribution in [1.29, 1.82) is 0 Å². The summed E-state index contributed by atoms with van der Waals surface area (Å²) in [4.78, 5) is 9.32. The van der Waals surface area contributed by atoms with Crippen LogP contribution in [0.2, 0.25) is 0 Å². The topological polar surface area (TPSA) is 52.4 Å². The molecule has 0 saturated heterocycles. The summed E-state index contributed by atoms with van der Waals surface area (Å²) >= 11 is 10.5. The maximum absolute atomic E-state index is 5.23. The molecule has 0 aliphatic heterocycles. The van der Waals surface area contributed by atoms with E-state index in [1.807, 2.05) is 0 Å². The average Bonchev–Trinajstić information content (AvgIpc) is 2.26. The molecule has 84 valence electrons. The molecule has 0 unspecified atom stereocenters. The van der Waals surface area contributed by atoms with Crippen molar-refractivity contribution >= 4 is 36.0 Å². The Hall–Kier alpha value is -1.20. The van der Waals surface area contributed by atoms with Gasteiger partial charge in [-0.3, -0.25) is 0 Å². The Morgan fingerprint density at radius 2 is 1.33 bits per heavy atom. The molecule has 0 aromatic carbocycles. The molecule has 0 aromatic rings. The smallest absolute Gasteiger partial charge is 0.220 e. The standard InChI is InChI=1S/C8H10Cl2N2O3/c9-3-1-5-14-11-7-13-8-12-15-6-2-4-10/h1-4,7-8H,5-6H2. The first-order valence-electron chi connectivity index (χ1n) is 3.85. The minimum absolute atomic E-state index is 0.275. The summed E-state index contributed by atoms with van der Waals surface area (Å²) in [6, 6.07) is 0. The fraction of sp³-hybridized carbons (Fsp3) is 0.250. The average molecular weight is 253 g/mol. The van der Waals surface area contributed by atoms with E-state index in [0.717, 1.165) is 12.8 Å². The lowest BCUT2D eigenvalue weighted by Crippen LogP contribution is -1.89. The number of oxime groups is 2. The molecule has 7 heteroatoms. The molecule has 0 amide bonds. The number of nitrogens with zero attached hydrogens (tertiary/aromatic N) is 2. The largest absolute Gasteiger partial charge is 0.428 e. The second-order valence-electron chi connectivity index (χ2n) is 1.87. The predicted molar refractivity (Wildman–Crippen MR) is 60.0 cm³/mol. The zero-order valence-corrected chi connectivity index (χ0v) is 9.27. The van der Waals surface area contributed by atoms with Gasteiger partial charge in [-0.25, -0.2) is 0 Å². The van der Waals surface area contributed by atoms with Crippen LogP contribution >= 0.6 is 23.2 Å². The maximum atomic E-state index is 5.23. The van der Waals surface area contributed by atoms with Gasteiger partial charge in [0.05, 0.1) is 0 Å². The first-order valence-corrected chi connectivity index (χ1v) is 4.72. The van der Waals surface area contributed by atoms with Gasteiger partial charge in [-0.15, -0.1) is 0 Å². The van der Waals surface area contributed by atoms with E-state index in [-0.39, 0.29) is 13.2 Å². The Morgan fingerprint density at radius 1 is 0.867 bits per heavy atom. The quantitative estimate of drug-likeness (QED) is 0.289. The van der Waals surface area contributed by atoms with E-state index < -0.39 is 0 Å². The summed E-state index contributed by atoms with van der Waals surface area (Å²) in [6.45, 7) is 0.551. The third-order valence-electron chi connectivity index (χ3n) is 0.877. The lowest BCUT2D eigenvalue weighted by molar-refractivity contribution is 0.165. The van der Waals surface area contributed by atoms with E-state index in [0.29, 0.717) is 0 Å². The molecule has 0 aromatic heterocycles. The molecule has 0 saturated carbocycles. The normalized spacial score (nSPS) is 12.1. The molecule has 0 aliphatic rings. The molecule has 15 heavy (non-hydrogen) atoms. The van der Waals surface area contributed by atoms with Gasteiger partial charge >= 0.3 is 0 Å². The van der Waals surface area contributed by atoms with E-state index in [2.05, 4.69) is 24.7 Å². The zero-order chi connectivity index (χ0) is 11.2. The summed E-state index contributed by atoms with van der Waals surface area (Å²) in [5.41, 5.74) is 2.66. The summed E-state index contributed by atoms with van der Waals surface area (Å²) in [5.74, 6) is 0. The van der Waals surface area contributed by atoms with Crippen molar-refractivity contribution in [3.63, 3.8) is 0 Å². The predicted octanol–water partition coefficient (Wildman–Crippen LogP) is 2.43. The van der Waals surface area contributed by atoms with Gasteiger partial charge in [0.15, 0.2) is 0 Å². The lowest BCUT2D eigenvalue weighted by atomic mass is 10.7. The zero-order valence-electron chi connectivity index (χ0n) is 7.75. The summed E-state index contributed by atoms with van der Waals surface area (Å²) in [5, 5.41) is 6.81. The van der Waals surface area contributed by atoms with Crippen LogP contribution in [0.15, 0.2) is 33.5 Å². The van der Waals surface area contributed by atoms with Gasteiger partial charge in [-0.05, 0) is 12.2 Å².